The molecule has 1 atom stereocenters. The molecule has 1 nitrogen and oxygen atoms in total. The predicted octanol–water partition coefficient (Wildman–Crippen LogP) is 3.73. The summed E-state index contributed by atoms with van der Waals surface area (Å²) in [5.41, 5.74) is 2.05. The van der Waals surface area contributed by atoms with E-state index < -0.39 is 0 Å². The second-order valence-electron chi connectivity index (χ2n) is 3.53. The molecule has 0 saturated heterocycles. The van der Waals surface area contributed by atoms with Gasteiger partial charge in [-0.15, -0.1) is 0 Å². The van der Waals surface area contributed by atoms with E-state index in [1.54, 1.807) is 0 Å². The van der Waals surface area contributed by atoms with E-state index >= 15 is 0 Å². The van der Waals surface area contributed by atoms with Crippen molar-refractivity contribution in [2.45, 2.75) is 24.1 Å². The van der Waals surface area contributed by atoms with Crippen molar-refractivity contribution in [1.29, 1.82) is 0 Å². The largest absolute Gasteiger partial charge is 0.293 e. The second kappa shape index (κ2) is 4.15. The van der Waals surface area contributed by atoms with Crippen molar-refractivity contribution in [1.82, 2.24) is 0 Å². The van der Waals surface area contributed by atoms with Crippen LogP contribution in [0.2, 0.25) is 0 Å². The van der Waals surface area contributed by atoms with Gasteiger partial charge in [0.2, 0.25) is 0 Å². The molecule has 0 aliphatic heterocycles. The van der Waals surface area contributed by atoms with Crippen LogP contribution in [0.4, 0.5) is 0 Å². The first-order valence-electron chi connectivity index (χ1n) is 4.65. The van der Waals surface area contributed by atoms with E-state index in [0.717, 1.165) is 29.3 Å². The fraction of sp³-hybridized carbons (Fsp3) is 0.364. The number of aryl methyl sites for hydroxylation is 1. The van der Waals surface area contributed by atoms with E-state index in [1.807, 2.05) is 12.1 Å². The van der Waals surface area contributed by atoms with Crippen LogP contribution in [-0.2, 0) is 6.42 Å². The number of carbonyl (C=O) groups excluding carboxylic acids is 1. The lowest BCUT2D eigenvalue weighted by molar-refractivity contribution is 0.0990. The molecule has 0 radical (unpaired) electrons. The van der Waals surface area contributed by atoms with Crippen LogP contribution in [0.5, 0.6) is 0 Å². The van der Waals surface area contributed by atoms with Gasteiger partial charge in [0.1, 0.15) is 0 Å². The highest BCUT2D eigenvalue weighted by Gasteiger charge is 2.22. The van der Waals surface area contributed by atoms with Gasteiger partial charge in [0, 0.05) is 10.0 Å². The summed E-state index contributed by atoms with van der Waals surface area (Å²) >= 11 is 6.86. The van der Waals surface area contributed by atoms with E-state index in [-0.39, 0.29) is 10.6 Å². The molecule has 1 aliphatic carbocycles. The summed E-state index contributed by atoms with van der Waals surface area (Å²) in [4.78, 5) is 11.9. The maximum absolute atomic E-state index is 11.9. The Kier molecular flexibility index (Phi) is 3.07. The Morgan fingerprint density at radius 1 is 1.36 bits per heavy atom. The normalized spacial score (nSPS) is 21.6. The summed E-state index contributed by atoms with van der Waals surface area (Å²) < 4.78 is 1.05. The zero-order valence-corrected chi connectivity index (χ0v) is 10.8. The number of rotatable bonds is 0. The highest BCUT2D eigenvalue weighted by Crippen LogP contribution is 2.26. The molecule has 14 heavy (non-hydrogen) atoms. The monoisotopic (exact) mass is 316 g/mol. The van der Waals surface area contributed by atoms with E-state index in [9.17, 15) is 4.79 Å². The fourth-order valence-corrected chi connectivity index (χ4v) is 2.76. The third-order valence-electron chi connectivity index (χ3n) is 2.52. The van der Waals surface area contributed by atoms with Gasteiger partial charge in [-0.2, -0.15) is 0 Å². The predicted molar refractivity (Wildman–Crippen MR) is 64.1 cm³/mol. The number of ketones is 1. The lowest BCUT2D eigenvalue weighted by Gasteiger charge is -2.06. The summed E-state index contributed by atoms with van der Waals surface area (Å²) in [5.74, 6) is 0.227. The summed E-state index contributed by atoms with van der Waals surface area (Å²) in [6, 6.07) is 5.90. The van der Waals surface area contributed by atoms with Crippen LogP contribution in [0.25, 0.3) is 0 Å². The molecule has 2 rings (SSSR count). The zero-order chi connectivity index (χ0) is 10.1. The first-order chi connectivity index (χ1) is 6.68. The van der Waals surface area contributed by atoms with Crippen molar-refractivity contribution in [2.75, 3.05) is 0 Å². The third-order valence-corrected chi connectivity index (χ3v) is 3.89. The number of benzene rings is 1. The van der Waals surface area contributed by atoms with Crippen molar-refractivity contribution in [3.05, 3.63) is 33.8 Å². The van der Waals surface area contributed by atoms with Crippen molar-refractivity contribution >= 4 is 37.6 Å². The average Bonchev–Trinajstić information content (AvgIpc) is 2.28. The number of hydrogen-bond donors (Lipinski definition) is 0. The molecule has 0 amide bonds. The Balaban J connectivity index is 2.48. The molecule has 0 unspecified atom stereocenters. The summed E-state index contributed by atoms with van der Waals surface area (Å²) in [6.45, 7) is 0. The molecule has 0 bridgehead atoms. The van der Waals surface area contributed by atoms with Gasteiger partial charge in [-0.05, 0) is 43.0 Å². The van der Waals surface area contributed by atoms with Gasteiger partial charge in [-0.1, -0.05) is 31.9 Å². The molecule has 0 spiro atoms. The first kappa shape index (κ1) is 10.4. The number of alkyl halides is 1. The Labute approximate surface area is 100 Å². The van der Waals surface area contributed by atoms with Crippen molar-refractivity contribution < 1.29 is 4.79 Å². The first-order valence-corrected chi connectivity index (χ1v) is 6.36. The van der Waals surface area contributed by atoms with Crippen LogP contribution < -0.4 is 0 Å². The maximum Gasteiger partial charge on any atom is 0.176 e. The average molecular weight is 318 g/mol. The lowest BCUT2D eigenvalue weighted by Crippen LogP contribution is -2.12. The molecular weight excluding hydrogens is 308 g/mol. The molecule has 1 aromatic carbocycles. The van der Waals surface area contributed by atoms with Gasteiger partial charge in [0.15, 0.2) is 5.78 Å². The minimum absolute atomic E-state index is 0.00456. The smallest absolute Gasteiger partial charge is 0.176 e. The maximum atomic E-state index is 11.9. The Morgan fingerprint density at radius 2 is 2.14 bits per heavy atom. The SMILES string of the molecule is O=C1c2ccc(Br)cc2CCC[C@@H]1Br. The van der Waals surface area contributed by atoms with E-state index in [2.05, 4.69) is 37.9 Å². The van der Waals surface area contributed by atoms with Gasteiger partial charge in [-0.25, -0.2) is 0 Å². The topological polar surface area (TPSA) is 17.1 Å². The molecule has 1 aliphatic rings. The summed E-state index contributed by atoms with van der Waals surface area (Å²) in [7, 11) is 0. The van der Waals surface area contributed by atoms with Gasteiger partial charge in [-0.3, -0.25) is 4.79 Å². The van der Waals surface area contributed by atoms with Crippen LogP contribution in [0.15, 0.2) is 22.7 Å². The van der Waals surface area contributed by atoms with Crippen molar-refractivity contribution in [3.63, 3.8) is 0 Å². The fourth-order valence-electron chi connectivity index (χ4n) is 1.78. The van der Waals surface area contributed by atoms with E-state index in [1.165, 1.54) is 5.56 Å². The van der Waals surface area contributed by atoms with Crippen molar-refractivity contribution in [3.8, 4) is 0 Å². The van der Waals surface area contributed by atoms with Gasteiger partial charge in [0.05, 0.1) is 4.83 Å². The molecule has 0 fully saturated rings. The molecule has 0 heterocycles. The van der Waals surface area contributed by atoms with E-state index in [0.29, 0.717) is 0 Å². The molecule has 1 aromatic rings. The van der Waals surface area contributed by atoms with E-state index in [4.69, 9.17) is 0 Å². The van der Waals surface area contributed by atoms with Crippen LogP contribution in [0.1, 0.15) is 28.8 Å². The second-order valence-corrected chi connectivity index (χ2v) is 5.55. The number of Topliss-reactive ketones (excluding diaryl/α,β-unsaturated/α-hetero) is 1. The number of halogens is 2. The number of carbonyl (C=O) groups is 1. The summed E-state index contributed by atoms with van der Waals surface area (Å²) in [6.07, 6.45) is 3.01. The quantitative estimate of drug-likeness (QED) is 0.526. The molecule has 0 saturated carbocycles. The standard InChI is InChI=1S/C11H10Br2O/c12-8-4-5-9-7(6-8)2-1-3-10(13)11(9)14/h4-6,10H,1-3H2/t10-/m0/s1. The third kappa shape index (κ3) is 1.94. The molecule has 0 aromatic heterocycles. The number of fused-ring (bicyclic) bond motifs is 1. The highest BCUT2D eigenvalue weighted by atomic mass is 79.9. The molecular formula is C11H10Br2O. The van der Waals surface area contributed by atoms with Gasteiger partial charge >= 0.3 is 0 Å². The van der Waals surface area contributed by atoms with Crippen molar-refractivity contribution in [2.24, 2.45) is 0 Å². The van der Waals surface area contributed by atoms with Gasteiger partial charge in [0.25, 0.3) is 0 Å². The summed E-state index contributed by atoms with van der Waals surface area (Å²) in [5, 5.41) is 0. The van der Waals surface area contributed by atoms with Gasteiger partial charge < -0.3 is 0 Å². The zero-order valence-electron chi connectivity index (χ0n) is 7.59. The number of hydrogen-bond acceptors (Lipinski definition) is 1. The van der Waals surface area contributed by atoms with Crippen LogP contribution in [-0.4, -0.2) is 10.6 Å². The van der Waals surface area contributed by atoms with Crippen LogP contribution >= 0.6 is 31.9 Å². The Morgan fingerprint density at radius 3 is 2.93 bits per heavy atom. The lowest BCUT2D eigenvalue weighted by atomic mass is 10.0. The molecule has 74 valence electrons. The Bertz CT molecular complexity index is 374. The highest BCUT2D eigenvalue weighted by molar-refractivity contribution is 9.10. The molecule has 0 N–H and O–H groups in total. The van der Waals surface area contributed by atoms with Crippen LogP contribution in [0, 0.1) is 0 Å². The minimum Gasteiger partial charge on any atom is -0.293 e. The minimum atomic E-state index is 0.00456. The molecule has 3 heteroatoms. The van der Waals surface area contributed by atoms with Crippen LogP contribution in [0.3, 0.4) is 0 Å². The Hall–Kier alpha value is -0.150.